The molecule has 3 aliphatic heterocycles. The van der Waals surface area contributed by atoms with Crippen molar-refractivity contribution in [2.45, 2.75) is 44.6 Å². The van der Waals surface area contributed by atoms with E-state index in [2.05, 4.69) is 20.8 Å². The fraction of sp³-hybridized carbons (Fsp3) is 0.464. The van der Waals surface area contributed by atoms with Crippen molar-refractivity contribution in [2.75, 3.05) is 33.3 Å². The number of carbonyl (C=O) groups is 1. The van der Waals surface area contributed by atoms with E-state index >= 15 is 0 Å². The first-order valence-electron chi connectivity index (χ1n) is 13.4. The monoisotopic (exact) mass is 537 g/mol. The second-order valence-electron chi connectivity index (χ2n) is 10.7. The number of aromatic nitrogens is 2. The van der Waals surface area contributed by atoms with Crippen LogP contribution in [0.4, 0.5) is 13.6 Å². The number of alkyl halides is 1. The highest BCUT2D eigenvalue weighted by Crippen LogP contribution is 2.29. The van der Waals surface area contributed by atoms with Gasteiger partial charge in [-0.3, -0.25) is 4.90 Å². The molecule has 0 radical (unpaired) electrons. The first-order chi connectivity index (χ1) is 18.9. The highest BCUT2D eigenvalue weighted by atomic mass is 19.1. The summed E-state index contributed by atoms with van der Waals surface area (Å²) in [5.74, 6) is 0.194. The van der Waals surface area contributed by atoms with Crippen molar-refractivity contribution >= 4 is 17.4 Å². The summed E-state index contributed by atoms with van der Waals surface area (Å²) in [7, 11) is 1.51. The van der Waals surface area contributed by atoms with Crippen LogP contribution in [0, 0.1) is 18.7 Å². The minimum absolute atomic E-state index is 0.0336. The smallest absolute Gasteiger partial charge is 0.317 e. The van der Waals surface area contributed by atoms with E-state index in [0.29, 0.717) is 43.1 Å². The van der Waals surface area contributed by atoms with Crippen LogP contribution in [0.1, 0.15) is 29.5 Å². The first-order valence-corrected chi connectivity index (χ1v) is 13.4. The molecule has 2 fully saturated rings. The fourth-order valence-electron chi connectivity index (χ4n) is 5.96. The molecular formula is C28H33F2N7O2. The lowest BCUT2D eigenvalue weighted by Crippen LogP contribution is -2.58. The molecule has 0 bridgehead atoms. The Bertz CT molecular complexity index is 1410. The molecule has 11 heteroatoms. The van der Waals surface area contributed by atoms with Crippen molar-refractivity contribution in [2.24, 2.45) is 11.0 Å². The summed E-state index contributed by atoms with van der Waals surface area (Å²) in [6, 6.07) is 6.58. The predicted octanol–water partition coefficient (Wildman–Crippen LogP) is 3.11. The van der Waals surface area contributed by atoms with E-state index in [-0.39, 0.29) is 36.8 Å². The lowest BCUT2D eigenvalue weighted by atomic mass is 9.87. The number of hydrazone groups is 1. The zero-order chi connectivity index (χ0) is 27.1. The second kappa shape index (κ2) is 10.4. The predicted molar refractivity (Wildman–Crippen MR) is 143 cm³/mol. The standard InChI is InChI=1S/C28H33F2N7O2/c1-17-3-5-24(39-2)20(26(17)30)14-35-10-7-21(29)23(16-35)32-28(38)37-11-8-22-19(15-37)27(34-33-22)18-4-6-25-31-9-12-36(25)13-18/h3-6,9,12-13,19,21-23,33H,7-8,10-11,14-16H2,1-2H3,(H,32,38). The average molecular weight is 538 g/mol. The minimum Gasteiger partial charge on any atom is -0.496 e. The molecule has 39 heavy (non-hydrogen) atoms. The normalized spacial score (nSPS) is 25.2. The summed E-state index contributed by atoms with van der Waals surface area (Å²) < 4.78 is 37.2. The summed E-state index contributed by atoms with van der Waals surface area (Å²) in [4.78, 5) is 21.4. The van der Waals surface area contributed by atoms with Crippen LogP contribution in [0.3, 0.4) is 0 Å². The van der Waals surface area contributed by atoms with Gasteiger partial charge in [0.1, 0.15) is 23.4 Å². The van der Waals surface area contributed by atoms with Gasteiger partial charge in [-0.05, 0) is 43.5 Å². The van der Waals surface area contributed by atoms with E-state index in [1.165, 1.54) is 7.11 Å². The number of halogens is 2. The maximum Gasteiger partial charge on any atom is 0.317 e. The van der Waals surface area contributed by atoms with Gasteiger partial charge < -0.3 is 24.8 Å². The van der Waals surface area contributed by atoms with Crippen molar-refractivity contribution < 1.29 is 18.3 Å². The molecule has 0 spiro atoms. The summed E-state index contributed by atoms with van der Waals surface area (Å²) in [5, 5.41) is 7.54. The molecule has 6 rings (SSSR count). The van der Waals surface area contributed by atoms with Crippen LogP contribution in [0.5, 0.6) is 5.75 Å². The number of pyridine rings is 1. The Labute approximate surface area is 225 Å². The van der Waals surface area contributed by atoms with Crippen molar-refractivity contribution in [1.82, 2.24) is 29.9 Å². The van der Waals surface area contributed by atoms with E-state index in [0.717, 1.165) is 23.3 Å². The molecule has 1 aromatic carbocycles. The van der Waals surface area contributed by atoms with Gasteiger partial charge in [0, 0.05) is 68.4 Å². The number of fused-ring (bicyclic) bond motifs is 2. The molecule has 2 saturated heterocycles. The number of ether oxygens (including phenoxy) is 1. The van der Waals surface area contributed by atoms with E-state index in [4.69, 9.17) is 4.74 Å². The van der Waals surface area contributed by atoms with Crippen LogP contribution < -0.4 is 15.5 Å². The topological polar surface area (TPSA) is 86.5 Å². The molecule has 4 atom stereocenters. The third-order valence-electron chi connectivity index (χ3n) is 8.20. The van der Waals surface area contributed by atoms with Crippen molar-refractivity contribution in [3.63, 3.8) is 0 Å². The molecule has 3 aromatic rings. The zero-order valence-corrected chi connectivity index (χ0v) is 22.1. The maximum absolute atomic E-state index is 15.0. The number of piperidine rings is 2. The molecule has 5 heterocycles. The van der Waals surface area contributed by atoms with Gasteiger partial charge in [-0.2, -0.15) is 5.10 Å². The average Bonchev–Trinajstić information content (AvgIpc) is 3.59. The van der Waals surface area contributed by atoms with Gasteiger partial charge in [0.05, 0.1) is 24.9 Å². The highest BCUT2D eigenvalue weighted by Gasteiger charge is 2.40. The number of nitrogens with zero attached hydrogens (tertiary/aromatic N) is 5. The molecule has 3 aliphatic rings. The van der Waals surface area contributed by atoms with Gasteiger partial charge in [-0.25, -0.2) is 18.6 Å². The van der Waals surface area contributed by atoms with Gasteiger partial charge in [-0.1, -0.05) is 6.07 Å². The van der Waals surface area contributed by atoms with Gasteiger partial charge >= 0.3 is 6.03 Å². The van der Waals surface area contributed by atoms with E-state index in [9.17, 15) is 13.6 Å². The van der Waals surface area contributed by atoms with Crippen LogP contribution in [-0.4, -0.2) is 82.5 Å². The number of rotatable bonds is 5. The van der Waals surface area contributed by atoms with Crippen LogP contribution in [0.25, 0.3) is 5.65 Å². The first kappa shape index (κ1) is 25.5. The lowest BCUT2D eigenvalue weighted by molar-refractivity contribution is 0.0973. The van der Waals surface area contributed by atoms with Crippen LogP contribution in [0.2, 0.25) is 0 Å². The van der Waals surface area contributed by atoms with E-state index in [1.54, 1.807) is 30.2 Å². The van der Waals surface area contributed by atoms with Crippen LogP contribution in [-0.2, 0) is 6.54 Å². The third-order valence-corrected chi connectivity index (χ3v) is 8.20. The number of nitrogens with one attached hydrogen (secondary N) is 2. The molecule has 0 aliphatic carbocycles. The largest absolute Gasteiger partial charge is 0.496 e. The number of aryl methyl sites for hydroxylation is 1. The number of likely N-dealkylation sites (tertiary alicyclic amines) is 2. The van der Waals surface area contributed by atoms with E-state index in [1.807, 2.05) is 33.8 Å². The number of methoxy groups -OCH3 is 1. The van der Waals surface area contributed by atoms with Gasteiger partial charge in [0.15, 0.2) is 0 Å². The molecule has 0 saturated carbocycles. The van der Waals surface area contributed by atoms with Crippen molar-refractivity contribution in [3.05, 3.63) is 65.4 Å². The summed E-state index contributed by atoms with van der Waals surface area (Å²) in [6.45, 7) is 3.82. The van der Waals surface area contributed by atoms with Gasteiger partial charge in [0.2, 0.25) is 0 Å². The zero-order valence-electron chi connectivity index (χ0n) is 22.1. The maximum atomic E-state index is 15.0. The summed E-state index contributed by atoms with van der Waals surface area (Å²) in [5.41, 5.74) is 6.98. The minimum atomic E-state index is -1.17. The second-order valence-corrected chi connectivity index (χ2v) is 10.7. The molecule has 2 N–H and O–H groups in total. The summed E-state index contributed by atoms with van der Waals surface area (Å²) >= 11 is 0. The number of benzene rings is 1. The molecule has 2 amide bonds. The lowest BCUT2D eigenvalue weighted by Gasteiger charge is -2.39. The number of imidazole rings is 1. The Morgan fingerprint density at radius 3 is 2.92 bits per heavy atom. The Morgan fingerprint density at radius 2 is 2.08 bits per heavy atom. The number of hydrogen-bond donors (Lipinski definition) is 2. The SMILES string of the molecule is COc1ccc(C)c(F)c1CN1CCC(F)C(NC(=O)N2CCC3NN=C(c4ccc5nccn5c4)C3C2)C1. The number of urea groups is 1. The Kier molecular flexibility index (Phi) is 6.84. The van der Waals surface area contributed by atoms with Gasteiger partial charge in [-0.15, -0.1) is 0 Å². The van der Waals surface area contributed by atoms with E-state index < -0.39 is 12.2 Å². The highest BCUT2D eigenvalue weighted by molar-refractivity contribution is 6.04. The van der Waals surface area contributed by atoms with Gasteiger partial charge in [0.25, 0.3) is 0 Å². The number of amides is 2. The van der Waals surface area contributed by atoms with Crippen LogP contribution >= 0.6 is 0 Å². The van der Waals surface area contributed by atoms with Crippen molar-refractivity contribution in [1.29, 1.82) is 0 Å². The molecule has 9 nitrogen and oxygen atoms in total. The third kappa shape index (κ3) is 4.91. The summed E-state index contributed by atoms with van der Waals surface area (Å²) in [6.07, 6.45) is 5.50. The quantitative estimate of drug-likeness (QED) is 0.523. The molecular weight excluding hydrogens is 504 g/mol. The Balaban J connectivity index is 1.11. The molecule has 206 valence electrons. The number of hydrogen-bond acceptors (Lipinski definition) is 6. The Hall–Kier alpha value is -3.73. The van der Waals surface area contributed by atoms with Crippen molar-refractivity contribution in [3.8, 4) is 5.75 Å². The Morgan fingerprint density at radius 1 is 1.21 bits per heavy atom. The number of carbonyl (C=O) groups excluding carboxylic acids is 1. The molecule has 2 aromatic heterocycles. The fourth-order valence-corrected chi connectivity index (χ4v) is 5.96. The molecule has 4 unspecified atom stereocenters. The van der Waals surface area contributed by atoms with Crippen LogP contribution in [0.15, 0.2) is 48.0 Å².